The van der Waals surface area contributed by atoms with Crippen molar-refractivity contribution in [1.29, 1.82) is 5.26 Å². The molecule has 2 N–H and O–H groups in total. The number of methoxy groups -OCH3 is 1. The Bertz CT molecular complexity index is 798. The van der Waals surface area contributed by atoms with E-state index in [0.29, 0.717) is 11.4 Å². The van der Waals surface area contributed by atoms with Crippen LogP contribution in [0.25, 0.3) is 0 Å². The lowest BCUT2D eigenvalue weighted by Crippen LogP contribution is -2.34. The molecule has 0 aliphatic carbocycles. The molecule has 2 aromatic rings. The smallest absolute Gasteiger partial charge is 0.347 e. The van der Waals surface area contributed by atoms with E-state index < -0.39 is 11.2 Å². The van der Waals surface area contributed by atoms with Crippen molar-refractivity contribution in [2.45, 2.75) is 6.92 Å². The van der Waals surface area contributed by atoms with Crippen molar-refractivity contribution in [1.82, 2.24) is 9.66 Å². The first-order chi connectivity index (χ1) is 9.56. The standard InChI is InChI=1S/C13H12N4O3/c1-8-10(4-3-5-11(8)20-2)16-17-7-9(6-14)12(18)15-13(17)19/h3-5,7,16H,1-2H3,(H,15,18,19). The Hall–Kier alpha value is -3.01. The van der Waals surface area contributed by atoms with Crippen LogP contribution in [0.5, 0.6) is 5.75 Å². The zero-order valence-corrected chi connectivity index (χ0v) is 10.9. The van der Waals surface area contributed by atoms with Gasteiger partial charge in [-0.2, -0.15) is 5.26 Å². The van der Waals surface area contributed by atoms with Crippen molar-refractivity contribution < 1.29 is 4.74 Å². The van der Waals surface area contributed by atoms with E-state index in [0.717, 1.165) is 16.4 Å². The Labute approximate surface area is 114 Å². The van der Waals surface area contributed by atoms with Crippen LogP contribution in [0.4, 0.5) is 5.69 Å². The molecule has 2 rings (SSSR count). The second-order valence-corrected chi connectivity index (χ2v) is 4.03. The molecular weight excluding hydrogens is 260 g/mol. The molecule has 0 saturated heterocycles. The van der Waals surface area contributed by atoms with Gasteiger partial charge in [0.25, 0.3) is 5.56 Å². The molecule has 0 bridgehead atoms. The molecule has 0 unspecified atom stereocenters. The summed E-state index contributed by atoms with van der Waals surface area (Å²) in [5, 5.41) is 8.80. The normalized spacial score (nSPS) is 9.85. The highest BCUT2D eigenvalue weighted by Gasteiger charge is 2.07. The predicted octanol–water partition coefficient (Wildman–Crippen LogP) is 0.600. The molecule has 7 nitrogen and oxygen atoms in total. The number of aromatic nitrogens is 2. The largest absolute Gasteiger partial charge is 0.496 e. The van der Waals surface area contributed by atoms with Gasteiger partial charge in [-0.1, -0.05) is 6.07 Å². The molecule has 0 atom stereocenters. The summed E-state index contributed by atoms with van der Waals surface area (Å²) in [5.41, 5.74) is 2.72. The summed E-state index contributed by atoms with van der Waals surface area (Å²) in [4.78, 5) is 25.0. The SMILES string of the molecule is COc1cccc(Nn2cc(C#N)c(=O)[nH]c2=O)c1C. The molecule has 0 amide bonds. The van der Waals surface area contributed by atoms with Crippen molar-refractivity contribution in [3.05, 3.63) is 56.4 Å². The van der Waals surface area contributed by atoms with Crippen LogP contribution in [-0.4, -0.2) is 16.8 Å². The first kappa shape index (κ1) is 13.4. The zero-order valence-electron chi connectivity index (χ0n) is 10.9. The minimum atomic E-state index is -0.710. The topological polar surface area (TPSA) is 99.9 Å². The minimum absolute atomic E-state index is 0.155. The van der Waals surface area contributed by atoms with E-state index in [1.165, 1.54) is 0 Å². The van der Waals surface area contributed by atoms with E-state index in [4.69, 9.17) is 10.00 Å². The highest BCUT2D eigenvalue weighted by molar-refractivity contribution is 5.56. The number of aromatic amines is 1. The average molecular weight is 272 g/mol. The second kappa shape index (κ2) is 5.32. The fraction of sp³-hybridized carbons (Fsp3) is 0.154. The summed E-state index contributed by atoms with van der Waals surface area (Å²) in [7, 11) is 1.55. The molecule has 0 aliphatic heterocycles. The van der Waals surface area contributed by atoms with Crippen LogP contribution in [0.3, 0.4) is 0 Å². The lowest BCUT2D eigenvalue weighted by molar-refractivity contribution is 0.412. The van der Waals surface area contributed by atoms with Gasteiger partial charge in [-0.3, -0.25) is 15.2 Å². The Kier molecular flexibility index (Phi) is 3.57. The number of nitrogens with zero attached hydrogens (tertiary/aromatic N) is 2. The van der Waals surface area contributed by atoms with E-state index in [1.807, 2.05) is 6.92 Å². The van der Waals surface area contributed by atoms with Crippen molar-refractivity contribution >= 4 is 5.69 Å². The number of H-pyrrole nitrogens is 1. The zero-order chi connectivity index (χ0) is 14.7. The fourth-order valence-corrected chi connectivity index (χ4v) is 1.72. The van der Waals surface area contributed by atoms with E-state index in [2.05, 4.69) is 10.4 Å². The summed E-state index contributed by atoms with van der Waals surface area (Å²) in [6.07, 6.45) is 1.15. The Balaban J connectivity index is 2.48. The highest BCUT2D eigenvalue weighted by Crippen LogP contribution is 2.24. The monoisotopic (exact) mass is 272 g/mol. The predicted molar refractivity (Wildman–Crippen MR) is 72.8 cm³/mol. The molecule has 102 valence electrons. The van der Waals surface area contributed by atoms with Gasteiger partial charge in [0.05, 0.1) is 19.0 Å². The van der Waals surface area contributed by atoms with Gasteiger partial charge in [-0.05, 0) is 19.1 Å². The maximum atomic E-state index is 11.7. The number of hydrogen-bond donors (Lipinski definition) is 2. The van der Waals surface area contributed by atoms with E-state index >= 15 is 0 Å². The van der Waals surface area contributed by atoms with Gasteiger partial charge in [0, 0.05) is 5.56 Å². The molecule has 7 heteroatoms. The molecule has 0 radical (unpaired) electrons. The number of anilines is 1. The number of nitriles is 1. The van der Waals surface area contributed by atoms with Gasteiger partial charge in [0.15, 0.2) is 0 Å². The molecule has 1 aromatic carbocycles. The molecule has 1 heterocycles. The van der Waals surface area contributed by atoms with Gasteiger partial charge < -0.3 is 4.74 Å². The number of benzene rings is 1. The quantitative estimate of drug-likeness (QED) is 0.852. The highest BCUT2D eigenvalue weighted by atomic mass is 16.5. The van der Waals surface area contributed by atoms with Gasteiger partial charge in [-0.15, -0.1) is 0 Å². The maximum absolute atomic E-state index is 11.7. The van der Waals surface area contributed by atoms with Crippen molar-refractivity contribution in [3.8, 4) is 11.8 Å². The first-order valence-corrected chi connectivity index (χ1v) is 5.73. The lowest BCUT2D eigenvalue weighted by atomic mass is 10.2. The van der Waals surface area contributed by atoms with Crippen LogP contribution in [0.2, 0.25) is 0 Å². The summed E-state index contributed by atoms with van der Waals surface area (Å²) in [6, 6.07) is 7.02. The third-order valence-corrected chi connectivity index (χ3v) is 2.81. The lowest BCUT2D eigenvalue weighted by Gasteiger charge is -2.13. The summed E-state index contributed by atoms with van der Waals surface area (Å²) < 4.78 is 6.22. The van der Waals surface area contributed by atoms with Gasteiger partial charge >= 0.3 is 5.69 Å². The number of nitrogens with one attached hydrogen (secondary N) is 2. The molecule has 0 fully saturated rings. The fourth-order valence-electron chi connectivity index (χ4n) is 1.72. The number of ether oxygens (including phenoxy) is 1. The van der Waals surface area contributed by atoms with Crippen LogP contribution in [0.15, 0.2) is 34.0 Å². The Morgan fingerprint density at radius 1 is 1.40 bits per heavy atom. The van der Waals surface area contributed by atoms with Crippen LogP contribution in [-0.2, 0) is 0 Å². The summed E-state index contributed by atoms with van der Waals surface area (Å²) >= 11 is 0. The Morgan fingerprint density at radius 3 is 2.80 bits per heavy atom. The van der Waals surface area contributed by atoms with Crippen LogP contribution < -0.4 is 21.4 Å². The van der Waals surface area contributed by atoms with E-state index in [-0.39, 0.29) is 5.56 Å². The second-order valence-electron chi connectivity index (χ2n) is 4.03. The minimum Gasteiger partial charge on any atom is -0.496 e. The Morgan fingerprint density at radius 2 is 2.15 bits per heavy atom. The third-order valence-electron chi connectivity index (χ3n) is 2.81. The van der Waals surface area contributed by atoms with Crippen LogP contribution >= 0.6 is 0 Å². The first-order valence-electron chi connectivity index (χ1n) is 5.73. The summed E-state index contributed by atoms with van der Waals surface area (Å²) in [6.45, 7) is 1.82. The molecule has 0 aliphatic rings. The van der Waals surface area contributed by atoms with Crippen molar-refractivity contribution in [2.24, 2.45) is 0 Å². The van der Waals surface area contributed by atoms with Crippen molar-refractivity contribution in [3.63, 3.8) is 0 Å². The molecular formula is C13H12N4O3. The number of hydrogen-bond acceptors (Lipinski definition) is 5. The van der Waals surface area contributed by atoms with Gasteiger partial charge in [0.1, 0.15) is 17.4 Å². The van der Waals surface area contributed by atoms with E-state index in [9.17, 15) is 9.59 Å². The summed E-state index contributed by atoms with van der Waals surface area (Å²) in [5.74, 6) is 0.660. The molecule has 0 spiro atoms. The third kappa shape index (κ3) is 2.40. The van der Waals surface area contributed by atoms with Crippen molar-refractivity contribution in [2.75, 3.05) is 12.5 Å². The van der Waals surface area contributed by atoms with Gasteiger partial charge in [-0.25, -0.2) is 9.47 Å². The van der Waals surface area contributed by atoms with Gasteiger partial charge in [0.2, 0.25) is 0 Å². The number of rotatable bonds is 3. The van der Waals surface area contributed by atoms with Crippen LogP contribution in [0, 0.1) is 18.3 Å². The average Bonchev–Trinajstić information content (AvgIpc) is 2.43. The molecule has 1 aromatic heterocycles. The molecule has 20 heavy (non-hydrogen) atoms. The van der Waals surface area contributed by atoms with E-state index in [1.54, 1.807) is 31.4 Å². The van der Waals surface area contributed by atoms with Crippen LogP contribution in [0.1, 0.15) is 11.1 Å². The molecule has 0 saturated carbocycles. The maximum Gasteiger partial charge on any atom is 0.347 e.